The molecule has 0 fully saturated rings. The molecule has 0 spiro atoms. The number of para-hydroxylation sites is 1. The summed E-state index contributed by atoms with van der Waals surface area (Å²) in [5.74, 6) is 0.0871. The number of thiophene rings is 1. The average Bonchev–Trinajstić information content (AvgIpc) is 3.57. The fourth-order valence-electron chi connectivity index (χ4n) is 3.16. The molecule has 3 aromatic heterocycles. The number of hydrogen-bond acceptors (Lipinski definition) is 5. The van der Waals surface area contributed by atoms with Crippen LogP contribution in [0.1, 0.15) is 22.3 Å². The van der Waals surface area contributed by atoms with Crippen molar-refractivity contribution in [2.24, 2.45) is 0 Å². The van der Waals surface area contributed by atoms with Gasteiger partial charge < -0.3 is 14.6 Å². The summed E-state index contributed by atoms with van der Waals surface area (Å²) in [5, 5.41) is 9.42. The molecule has 4 rings (SSSR count). The Balaban J connectivity index is 1.57. The second-order valence-electron chi connectivity index (χ2n) is 6.81. The van der Waals surface area contributed by atoms with Crippen LogP contribution in [0.25, 0.3) is 17.1 Å². The highest BCUT2D eigenvalue weighted by molar-refractivity contribution is 7.09. The molecule has 31 heavy (non-hydrogen) atoms. The van der Waals surface area contributed by atoms with E-state index in [9.17, 15) is 9.59 Å². The zero-order valence-corrected chi connectivity index (χ0v) is 17.8. The van der Waals surface area contributed by atoms with Crippen molar-refractivity contribution in [2.75, 3.05) is 13.1 Å². The Bertz CT molecular complexity index is 1140. The van der Waals surface area contributed by atoms with Crippen LogP contribution in [0.4, 0.5) is 0 Å². The number of aromatic nitrogens is 2. The first-order chi connectivity index (χ1) is 15.2. The minimum absolute atomic E-state index is 0.0310. The first-order valence-electron chi connectivity index (χ1n) is 9.93. The Kier molecular flexibility index (Phi) is 6.28. The number of furan rings is 1. The summed E-state index contributed by atoms with van der Waals surface area (Å²) in [6.45, 7) is 2.66. The van der Waals surface area contributed by atoms with E-state index < -0.39 is 0 Å². The number of hydrogen-bond donors (Lipinski definition) is 1. The lowest BCUT2D eigenvalue weighted by Crippen LogP contribution is -2.41. The molecule has 4 aromatic rings. The van der Waals surface area contributed by atoms with Crippen LogP contribution in [0.5, 0.6) is 0 Å². The van der Waals surface area contributed by atoms with E-state index in [1.807, 2.05) is 54.8 Å². The summed E-state index contributed by atoms with van der Waals surface area (Å²) in [5.41, 5.74) is 1.67. The van der Waals surface area contributed by atoms with Crippen LogP contribution in [0.15, 0.2) is 76.7 Å². The number of benzene rings is 1. The fourth-order valence-corrected chi connectivity index (χ4v) is 3.81. The van der Waals surface area contributed by atoms with Gasteiger partial charge in [-0.15, -0.1) is 11.3 Å². The van der Waals surface area contributed by atoms with Gasteiger partial charge in [-0.2, -0.15) is 5.10 Å². The van der Waals surface area contributed by atoms with Gasteiger partial charge >= 0.3 is 0 Å². The van der Waals surface area contributed by atoms with E-state index >= 15 is 0 Å². The third kappa shape index (κ3) is 4.75. The van der Waals surface area contributed by atoms with Gasteiger partial charge in [-0.25, -0.2) is 4.68 Å². The number of nitrogens with zero attached hydrogens (tertiary/aromatic N) is 3. The number of amides is 2. The van der Waals surface area contributed by atoms with Crippen molar-refractivity contribution < 1.29 is 14.0 Å². The summed E-state index contributed by atoms with van der Waals surface area (Å²) in [6.07, 6.45) is 1.56. The molecule has 0 aliphatic carbocycles. The molecule has 0 atom stereocenters. The lowest BCUT2D eigenvalue weighted by Gasteiger charge is -2.20. The summed E-state index contributed by atoms with van der Waals surface area (Å²) in [6, 6.07) is 18.6. The van der Waals surface area contributed by atoms with E-state index in [0.717, 1.165) is 10.6 Å². The highest BCUT2D eigenvalue weighted by atomic mass is 32.1. The Morgan fingerprint density at radius 1 is 1.13 bits per heavy atom. The van der Waals surface area contributed by atoms with E-state index in [2.05, 4.69) is 10.4 Å². The van der Waals surface area contributed by atoms with Crippen molar-refractivity contribution in [2.45, 2.75) is 13.5 Å². The molecule has 3 heterocycles. The first kappa shape index (κ1) is 20.6. The van der Waals surface area contributed by atoms with Crippen LogP contribution >= 0.6 is 11.3 Å². The van der Waals surface area contributed by atoms with Gasteiger partial charge in [0, 0.05) is 17.5 Å². The molecule has 0 aliphatic heterocycles. The molecule has 2 amide bonds. The van der Waals surface area contributed by atoms with E-state index in [-0.39, 0.29) is 18.4 Å². The lowest BCUT2D eigenvalue weighted by molar-refractivity contribution is -0.121. The molecule has 1 N–H and O–H groups in total. The highest BCUT2D eigenvalue weighted by Gasteiger charge is 2.24. The maximum atomic E-state index is 13.4. The molecular formula is C23H22N4O3S. The quantitative estimate of drug-likeness (QED) is 0.455. The molecule has 0 saturated heterocycles. The maximum Gasteiger partial charge on any atom is 0.273 e. The van der Waals surface area contributed by atoms with Gasteiger partial charge in [0.2, 0.25) is 5.91 Å². The first-order valence-corrected chi connectivity index (χ1v) is 10.8. The molecule has 7 nitrogen and oxygen atoms in total. The number of likely N-dealkylation sites (N-methyl/N-ethyl adjacent to an activating group) is 1. The molecule has 1 aromatic carbocycles. The zero-order chi connectivity index (χ0) is 21.6. The van der Waals surface area contributed by atoms with E-state index in [1.54, 1.807) is 40.5 Å². The van der Waals surface area contributed by atoms with Gasteiger partial charge in [-0.05, 0) is 42.6 Å². The Hall–Kier alpha value is -3.65. The van der Waals surface area contributed by atoms with Gasteiger partial charge in [0.25, 0.3) is 5.91 Å². The fraction of sp³-hybridized carbons (Fsp3) is 0.174. The molecule has 0 aliphatic rings. The van der Waals surface area contributed by atoms with Gasteiger partial charge in [-0.3, -0.25) is 9.59 Å². The molecule has 0 bridgehead atoms. The molecule has 158 valence electrons. The standard InChI is InChI=1S/C23H22N4O3S/c1-2-26(16-22(28)24-15-18-10-7-13-31-18)23(29)20-14-19(21-11-6-12-30-21)25-27(20)17-8-4-3-5-9-17/h3-14H,2,15-16H2,1H3,(H,24,28). The molecule has 0 unspecified atom stereocenters. The van der Waals surface area contributed by atoms with Crippen molar-refractivity contribution in [1.82, 2.24) is 20.0 Å². The summed E-state index contributed by atoms with van der Waals surface area (Å²) in [7, 11) is 0. The number of carbonyl (C=O) groups is 2. The van der Waals surface area contributed by atoms with Crippen molar-refractivity contribution >= 4 is 23.2 Å². The second-order valence-corrected chi connectivity index (χ2v) is 7.85. The predicted octanol–water partition coefficient (Wildman–Crippen LogP) is 3.97. The Morgan fingerprint density at radius 2 is 1.97 bits per heavy atom. The average molecular weight is 435 g/mol. The second kappa shape index (κ2) is 9.44. The van der Waals surface area contributed by atoms with Crippen molar-refractivity contribution in [1.29, 1.82) is 0 Å². The van der Waals surface area contributed by atoms with Crippen LogP contribution in [-0.2, 0) is 11.3 Å². The lowest BCUT2D eigenvalue weighted by atomic mass is 10.2. The van der Waals surface area contributed by atoms with Crippen molar-refractivity contribution in [3.8, 4) is 17.1 Å². The Labute approximate surface area is 183 Å². The molecule has 0 saturated carbocycles. The minimum Gasteiger partial charge on any atom is -0.463 e. The number of carbonyl (C=O) groups excluding carboxylic acids is 2. The largest absolute Gasteiger partial charge is 0.463 e. The SMILES string of the molecule is CCN(CC(=O)NCc1cccs1)C(=O)c1cc(-c2ccco2)nn1-c1ccccc1. The van der Waals surface area contributed by atoms with Crippen molar-refractivity contribution in [3.05, 3.63) is 82.9 Å². The summed E-state index contributed by atoms with van der Waals surface area (Å²) < 4.78 is 7.05. The highest BCUT2D eigenvalue weighted by Crippen LogP contribution is 2.23. The zero-order valence-electron chi connectivity index (χ0n) is 17.0. The monoisotopic (exact) mass is 434 g/mol. The topological polar surface area (TPSA) is 80.4 Å². The van der Waals surface area contributed by atoms with Gasteiger partial charge in [0.15, 0.2) is 5.76 Å². The van der Waals surface area contributed by atoms with Crippen LogP contribution < -0.4 is 5.32 Å². The summed E-state index contributed by atoms with van der Waals surface area (Å²) >= 11 is 1.58. The molecule has 0 radical (unpaired) electrons. The normalized spacial score (nSPS) is 10.7. The number of nitrogens with one attached hydrogen (secondary N) is 1. The Morgan fingerprint density at radius 3 is 2.65 bits per heavy atom. The molecular weight excluding hydrogens is 412 g/mol. The minimum atomic E-state index is -0.275. The van der Waals surface area contributed by atoms with Crippen LogP contribution in [0.2, 0.25) is 0 Å². The third-order valence-corrected chi connectivity index (χ3v) is 5.62. The third-order valence-electron chi connectivity index (χ3n) is 4.75. The van der Waals surface area contributed by atoms with Gasteiger partial charge in [-0.1, -0.05) is 24.3 Å². The van der Waals surface area contributed by atoms with Crippen molar-refractivity contribution in [3.63, 3.8) is 0 Å². The van der Waals surface area contributed by atoms with E-state index in [0.29, 0.717) is 30.2 Å². The van der Waals surface area contributed by atoms with Crippen LogP contribution in [0.3, 0.4) is 0 Å². The smallest absolute Gasteiger partial charge is 0.273 e. The van der Waals surface area contributed by atoms with Crippen LogP contribution in [-0.4, -0.2) is 39.6 Å². The number of rotatable bonds is 8. The van der Waals surface area contributed by atoms with E-state index in [1.165, 1.54) is 4.90 Å². The van der Waals surface area contributed by atoms with Crippen LogP contribution in [0, 0.1) is 0 Å². The predicted molar refractivity (Wildman–Crippen MR) is 119 cm³/mol. The summed E-state index contributed by atoms with van der Waals surface area (Å²) in [4.78, 5) is 28.4. The van der Waals surface area contributed by atoms with E-state index in [4.69, 9.17) is 4.42 Å². The van der Waals surface area contributed by atoms with Gasteiger partial charge in [0.05, 0.1) is 25.0 Å². The maximum absolute atomic E-state index is 13.4. The van der Waals surface area contributed by atoms with Gasteiger partial charge in [0.1, 0.15) is 11.4 Å². The molecule has 8 heteroatoms.